The second-order valence-corrected chi connectivity index (χ2v) is 7.45. The minimum absolute atomic E-state index is 0.0313. The van der Waals surface area contributed by atoms with Gasteiger partial charge in [0.1, 0.15) is 0 Å². The lowest BCUT2D eigenvalue weighted by atomic mass is 10.1. The molecule has 0 aliphatic carbocycles. The maximum atomic E-state index is 12.3. The van der Waals surface area contributed by atoms with Crippen LogP contribution in [0.2, 0.25) is 0 Å². The zero-order chi connectivity index (χ0) is 18.5. The number of amides is 2. The van der Waals surface area contributed by atoms with Crippen molar-refractivity contribution in [2.45, 2.75) is 18.7 Å². The Balaban J connectivity index is 1.52. The fourth-order valence-electron chi connectivity index (χ4n) is 2.88. The number of fused-ring (bicyclic) bond motifs is 1. The normalized spacial score (nSPS) is 13.1. The number of carbonyl (C=O) groups is 2. The van der Waals surface area contributed by atoms with Crippen molar-refractivity contribution in [2.24, 2.45) is 0 Å². The van der Waals surface area contributed by atoms with E-state index in [9.17, 15) is 9.59 Å². The molecule has 2 aromatic rings. The van der Waals surface area contributed by atoms with Crippen molar-refractivity contribution >= 4 is 35.0 Å². The predicted molar refractivity (Wildman–Crippen MR) is 107 cm³/mol. The molecule has 2 aromatic carbocycles. The average molecular weight is 369 g/mol. The van der Waals surface area contributed by atoms with Crippen molar-refractivity contribution in [1.82, 2.24) is 5.32 Å². The fourth-order valence-corrected chi connectivity index (χ4v) is 3.93. The number of hydrogen-bond donors (Lipinski definition) is 2. The lowest BCUT2D eigenvalue weighted by molar-refractivity contribution is -0.123. The Hall–Kier alpha value is -2.47. The number of hydrogen-bond acceptors (Lipinski definition) is 4. The van der Waals surface area contributed by atoms with E-state index in [2.05, 4.69) is 21.6 Å². The number of rotatable bonds is 5. The molecule has 1 heterocycles. The van der Waals surface area contributed by atoms with Crippen LogP contribution in [0.25, 0.3) is 0 Å². The first-order chi connectivity index (χ1) is 12.5. The highest BCUT2D eigenvalue weighted by Crippen LogP contribution is 2.33. The maximum Gasteiger partial charge on any atom is 0.243 e. The molecule has 2 amide bonds. The van der Waals surface area contributed by atoms with Gasteiger partial charge in [0, 0.05) is 22.9 Å². The zero-order valence-electron chi connectivity index (χ0n) is 15.0. The lowest BCUT2D eigenvalue weighted by Crippen LogP contribution is -2.42. The third kappa shape index (κ3) is 4.38. The van der Waals surface area contributed by atoms with Gasteiger partial charge in [-0.05, 0) is 43.2 Å². The predicted octanol–water partition coefficient (Wildman–Crippen LogP) is 2.97. The molecule has 1 aliphatic heterocycles. The van der Waals surface area contributed by atoms with E-state index >= 15 is 0 Å². The molecule has 0 atom stereocenters. The number of benzene rings is 2. The first kappa shape index (κ1) is 18.3. The van der Waals surface area contributed by atoms with Crippen LogP contribution in [0.15, 0.2) is 47.4 Å². The molecule has 0 fully saturated rings. The van der Waals surface area contributed by atoms with Crippen LogP contribution in [0.3, 0.4) is 0 Å². The van der Waals surface area contributed by atoms with Crippen LogP contribution in [-0.2, 0) is 9.59 Å². The van der Waals surface area contributed by atoms with Gasteiger partial charge in [-0.2, -0.15) is 0 Å². The summed E-state index contributed by atoms with van der Waals surface area (Å²) >= 11 is 1.80. The van der Waals surface area contributed by atoms with Crippen molar-refractivity contribution in [3.8, 4) is 0 Å². The van der Waals surface area contributed by atoms with Gasteiger partial charge < -0.3 is 15.5 Å². The van der Waals surface area contributed by atoms with Gasteiger partial charge >= 0.3 is 0 Å². The molecule has 0 aromatic heterocycles. The van der Waals surface area contributed by atoms with Gasteiger partial charge in [0.15, 0.2) is 0 Å². The standard InChI is InChI=1S/C20H23N3O2S/c1-14-6-5-7-16(15(14)2)22-19(24)12-21-20(25)13-23-10-11-26-18-9-4-3-8-17(18)23/h3-9H,10-13H2,1-2H3,(H,21,25)(H,22,24). The summed E-state index contributed by atoms with van der Waals surface area (Å²) in [6.07, 6.45) is 0. The number of nitrogens with one attached hydrogen (secondary N) is 2. The smallest absolute Gasteiger partial charge is 0.243 e. The van der Waals surface area contributed by atoms with E-state index in [0.29, 0.717) is 0 Å². The Morgan fingerprint density at radius 1 is 1.08 bits per heavy atom. The van der Waals surface area contributed by atoms with E-state index < -0.39 is 0 Å². The summed E-state index contributed by atoms with van der Waals surface area (Å²) in [6.45, 7) is 5.02. The second-order valence-electron chi connectivity index (χ2n) is 6.31. The maximum absolute atomic E-state index is 12.3. The molecule has 5 nitrogen and oxygen atoms in total. The molecule has 0 saturated heterocycles. The molecular weight excluding hydrogens is 346 g/mol. The minimum atomic E-state index is -0.221. The van der Waals surface area contributed by atoms with Crippen LogP contribution in [0.1, 0.15) is 11.1 Å². The second kappa shape index (κ2) is 8.27. The number of carbonyl (C=O) groups excluding carboxylic acids is 2. The van der Waals surface area contributed by atoms with Crippen LogP contribution < -0.4 is 15.5 Å². The molecule has 6 heteroatoms. The van der Waals surface area contributed by atoms with Gasteiger partial charge in [-0.1, -0.05) is 24.3 Å². The van der Waals surface area contributed by atoms with E-state index in [1.54, 1.807) is 11.8 Å². The van der Waals surface area contributed by atoms with E-state index in [0.717, 1.165) is 34.8 Å². The van der Waals surface area contributed by atoms with Gasteiger partial charge in [0.25, 0.3) is 0 Å². The van der Waals surface area contributed by atoms with E-state index in [1.807, 2.05) is 50.2 Å². The summed E-state index contributed by atoms with van der Waals surface area (Å²) < 4.78 is 0. The topological polar surface area (TPSA) is 61.4 Å². The highest BCUT2D eigenvalue weighted by molar-refractivity contribution is 7.99. The Bertz CT molecular complexity index is 822. The Morgan fingerprint density at radius 2 is 1.88 bits per heavy atom. The zero-order valence-corrected chi connectivity index (χ0v) is 15.9. The van der Waals surface area contributed by atoms with E-state index in [1.165, 1.54) is 4.90 Å². The molecule has 0 unspecified atom stereocenters. The molecule has 136 valence electrons. The van der Waals surface area contributed by atoms with Gasteiger partial charge in [-0.3, -0.25) is 9.59 Å². The third-order valence-corrected chi connectivity index (χ3v) is 5.53. The summed E-state index contributed by atoms with van der Waals surface area (Å²) in [7, 11) is 0. The molecule has 0 saturated carbocycles. The van der Waals surface area contributed by atoms with Crippen LogP contribution >= 0.6 is 11.8 Å². The van der Waals surface area contributed by atoms with Gasteiger partial charge in [-0.25, -0.2) is 0 Å². The van der Waals surface area contributed by atoms with Crippen molar-refractivity contribution in [3.05, 3.63) is 53.6 Å². The molecule has 0 bridgehead atoms. The highest BCUT2D eigenvalue weighted by Gasteiger charge is 2.19. The van der Waals surface area contributed by atoms with Crippen LogP contribution in [0.5, 0.6) is 0 Å². The quantitative estimate of drug-likeness (QED) is 0.851. The van der Waals surface area contributed by atoms with E-state index in [-0.39, 0.29) is 24.9 Å². The van der Waals surface area contributed by atoms with Crippen LogP contribution in [0.4, 0.5) is 11.4 Å². The molecule has 2 N–H and O–H groups in total. The third-order valence-electron chi connectivity index (χ3n) is 4.48. The Labute approximate surface area is 158 Å². The fraction of sp³-hybridized carbons (Fsp3) is 0.300. The molecule has 0 radical (unpaired) electrons. The molecule has 1 aliphatic rings. The number of aryl methyl sites for hydroxylation is 1. The number of thioether (sulfide) groups is 1. The van der Waals surface area contributed by atoms with Crippen LogP contribution in [0, 0.1) is 13.8 Å². The molecular formula is C20H23N3O2S. The molecule has 26 heavy (non-hydrogen) atoms. The summed E-state index contributed by atoms with van der Waals surface area (Å²) in [6, 6.07) is 13.9. The largest absolute Gasteiger partial charge is 0.360 e. The van der Waals surface area contributed by atoms with Gasteiger partial charge in [0.05, 0.1) is 18.8 Å². The summed E-state index contributed by atoms with van der Waals surface area (Å²) in [5.74, 6) is 0.585. The number of nitrogens with zero attached hydrogens (tertiary/aromatic N) is 1. The van der Waals surface area contributed by atoms with Crippen molar-refractivity contribution in [1.29, 1.82) is 0 Å². The summed E-state index contributed by atoms with van der Waals surface area (Å²) in [5.41, 5.74) is 4.02. The molecule has 0 spiro atoms. The van der Waals surface area contributed by atoms with Crippen molar-refractivity contribution < 1.29 is 9.59 Å². The average Bonchev–Trinajstić information content (AvgIpc) is 2.64. The van der Waals surface area contributed by atoms with Gasteiger partial charge in [0.2, 0.25) is 11.8 Å². The SMILES string of the molecule is Cc1cccc(NC(=O)CNC(=O)CN2CCSc3ccccc32)c1C. The lowest BCUT2D eigenvalue weighted by Gasteiger charge is -2.30. The first-order valence-corrected chi connectivity index (χ1v) is 9.62. The Morgan fingerprint density at radius 3 is 2.73 bits per heavy atom. The summed E-state index contributed by atoms with van der Waals surface area (Å²) in [4.78, 5) is 27.6. The Kier molecular flexibility index (Phi) is 5.83. The highest BCUT2D eigenvalue weighted by atomic mass is 32.2. The number of anilines is 2. The summed E-state index contributed by atoms with van der Waals surface area (Å²) in [5, 5.41) is 5.57. The number of para-hydroxylation sites is 1. The van der Waals surface area contributed by atoms with Crippen molar-refractivity contribution in [3.63, 3.8) is 0 Å². The van der Waals surface area contributed by atoms with Crippen molar-refractivity contribution in [2.75, 3.05) is 35.6 Å². The van der Waals surface area contributed by atoms with Gasteiger partial charge in [-0.15, -0.1) is 11.8 Å². The van der Waals surface area contributed by atoms with E-state index in [4.69, 9.17) is 0 Å². The van der Waals surface area contributed by atoms with Crippen LogP contribution in [-0.4, -0.2) is 37.2 Å². The first-order valence-electron chi connectivity index (χ1n) is 8.64. The minimum Gasteiger partial charge on any atom is -0.360 e. The molecule has 3 rings (SSSR count). The monoisotopic (exact) mass is 369 g/mol.